The van der Waals surface area contributed by atoms with Crippen molar-refractivity contribution in [3.63, 3.8) is 0 Å². The van der Waals surface area contributed by atoms with Gasteiger partial charge in [0.25, 0.3) is 5.91 Å². The smallest absolute Gasteiger partial charge is 0.434 e. The molecule has 4 amide bonds. The molecule has 0 aliphatic heterocycles. The molecule has 3 aromatic rings. The minimum atomic E-state index is -1.51. The minimum Gasteiger partial charge on any atom is -0.461 e. The molecule has 0 unspecified atom stereocenters. The zero-order chi connectivity index (χ0) is 35.3. The van der Waals surface area contributed by atoms with Gasteiger partial charge in [-0.2, -0.15) is 5.01 Å². The van der Waals surface area contributed by atoms with Crippen molar-refractivity contribution in [2.45, 2.75) is 78.4 Å². The number of benzene rings is 3. The average Bonchev–Trinajstić information content (AvgIpc) is 3.01. The van der Waals surface area contributed by atoms with E-state index in [2.05, 4.69) is 16.1 Å². The molecule has 13 heteroatoms. The Labute approximate surface area is 279 Å². The summed E-state index contributed by atoms with van der Waals surface area (Å²) in [6.07, 6.45) is -3.19. The van der Waals surface area contributed by atoms with Crippen LogP contribution in [0.5, 0.6) is 0 Å². The van der Waals surface area contributed by atoms with Crippen LogP contribution in [-0.4, -0.2) is 47.4 Å². The Bertz CT molecular complexity index is 1530. The van der Waals surface area contributed by atoms with Crippen molar-refractivity contribution in [2.24, 2.45) is 0 Å². The lowest BCUT2D eigenvalue weighted by Crippen LogP contribution is -2.56. The maximum atomic E-state index is 13.6. The highest BCUT2D eigenvalue weighted by Crippen LogP contribution is 2.20. The number of alkyl carbamates (subject to hydrolysis) is 1. The number of nitrogens with zero attached hydrogens (tertiary/aromatic N) is 1. The lowest BCUT2D eigenvalue weighted by Gasteiger charge is -2.29. The van der Waals surface area contributed by atoms with Crippen LogP contribution in [-0.2, 0) is 41.8 Å². The lowest BCUT2D eigenvalue weighted by molar-refractivity contribution is -0.147. The van der Waals surface area contributed by atoms with E-state index in [1.54, 1.807) is 65.8 Å². The van der Waals surface area contributed by atoms with Crippen molar-refractivity contribution in [3.05, 3.63) is 96.1 Å². The van der Waals surface area contributed by atoms with Crippen LogP contribution in [0.2, 0.25) is 0 Å². The maximum Gasteiger partial charge on any atom is 0.434 e. The third-order valence-electron chi connectivity index (χ3n) is 6.00. The summed E-state index contributed by atoms with van der Waals surface area (Å²) in [7, 11) is 0. The number of amides is 4. The molecule has 0 aromatic heterocycles. The first-order chi connectivity index (χ1) is 22.6. The van der Waals surface area contributed by atoms with Crippen molar-refractivity contribution in [3.8, 4) is 0 Å². The summed E-state index contributed by atoms with van der Waals surface area (Å²) in [5.41, 5.74) is 2.62. The molecule has 3 rings (SSSR count). The van der Waals surface area contributed by atoms with Crippen molar-refractivity contribution in [2.75, 3.05) is 10.3 Å². The summed E-state index contributed by atoms with van der Waals surface area (Å²) in [4.78, 5) is 64.6. The van der Waals surface area contributed by atoms with Gasteiger partial charge in [-0.1, -0.05) is 60.7 Å². The first-order valence-electron chi connectivity index (χ1n) is 15.2. The summed E-state index contributed by atoms with van der Waals surface area (Å²) < 4.78 is 21.3. The Hall–Kier alpha value is -5.59. The fraction of sp³-hybridized carbons (Fsp3) is 0.343. The Kier molecular flexibility index (Phi) is 12.9. The van der Waals surface area contributed by atoms with Crippen molar-refractivity contribution >= 4 is 41.5 Å². The molecule has 3 N–H and O–H groups in total. The number of esters is 1. The minimum absolute atomic E-state index is 0.0509. The lowest BCUT2D eigenvalue weighted by atomic mass is 10.2. The Morgan fingerprint density at radius 2 is 1.19 bits per heavy atom. The number of anilines is 2. The molecular formula is C35H42N4O9. The highest BCUT2D eigenvalue weighted by Gasteiger charge is 2.32. The second-order valence-corrected chi connectivity index (χ2v) is 12.6. The number of hydrogen-bond acceptors (Lipinski definition) is 9. The molecule has 48 heavy (non-hydrogen) atoms. The van der Waals surface area contributed by atoms with E-state index < -0.39 is 53.8 Å². The summed E-state index contributed by atoms with van der Waals surface area (Å²) in [5, 5.41) is 5.80. The molecule has 1 atom stereocenters. The van der Waals surface area contributed by atoms with Crippen LogP contribution in [0.25, 0.3) is 0 Å². The number of carbonyl (C=O) groups is 5. The van der Waals surface area contributed by atoms with Crippen LogP contribution in [0, 0.1) is 0 Å². The topological polar surface area (TPSA) is 162 Å². The Morgan fingerprint density at radius 1 is 0.667 bits per heavy atom. The van der Waals surface area contributed by atoms with E-state index in [1.165, 1.54) is 24.3 Å². The van der Waals surface area contributed by atoms with Crippen LogP contribution in [0.15, 0.2) is 84.9 Å². The number of nitrogens with one attached hydrogen (secondary N) is 3. The van der Waals surface area contributed by atoms with E-state index in [0.29, 0.717) is 5.69 Å². The fourth-order valence-corrected chi connectivity index (χ4v) is 3.90. The number of rotatable bonds is 10. The molecule has 0 heterocycles. The molecule has 3 aromatic carbocycles. The Balaban J connectivity index is 1.77. The van der Waals surface area contributed by atoms with Crippen LogP contribution in [0.4, 0.5) is 25.8 Å². The van der Waals surface area contributed by atoms with Gasteiger partial charge < -0.3 is 24.3 Å². The van der Waals surface area contributed by atoms with Gasteiger partial charge in [0.1, 0.15) is 30.5 Å². The number of hydrogen-bond donors (Lipinski definition) is 3. The third-order valence-corrected chi connectivity index (χ3v) is 6.00. The van der Waals surface area contributed by atoms with Crippen molar-refractivity contribution < 1.29 is 42.9 Å². The summed E-state index contributed by atoms with van der Waals surface area (Å²) in [6, 6.07) is 22.4. The van der Waals surface area contributed by atoms with Gasteiger partial charge in [-0.05, 0) is 76.9 Å². The van der Waals surface area contributed by atoms with E-state index in [4.69, 9.17) is 18.9 Å². The molecular weight excluding hydrogens is 620 g/mol. The monoisotopic (exact) mass is 662 g/mol. The van der Waals surface area contributed by atoms with E-state index in [1.807, 2.05) is 36.4 Å². The molecule has 0 fully saturated rings. The normalized spacial score (nSPS) is 11.7. The molecule has 0 aliphatic carbocycles. The highest BCUT2D eigenvalue weighted by molar-refractivity contribution is 5.96. The predicted molar refractivity (Wildman–Crippen MR) is 178 cm³/mol. The van der Waals surface area contributed by atoms with Gasteiger partial charge in [-0.25, -0.2) is 14.4 Å². The highest BCUT2D eigenvalue weighted by atomic mass is 16.6. The zero-order valence-corrected chi connectivity index (χ0v) is 27.9. The quantitative estimate of drug-likeness (QED) is 0.130. The number of carbonyl (C=O) groups excluding carboxylic acids is 5. The fourth-order valence-electron chi connectivity index (χ4n) is 3.90. The molecule has 0 aliphatic rings. The maximum absolute atomic E-state index is 13.6. The Morgan fingerprint density at radius 3 is 1.71 bits per heavy atom. The van der Waals surface area contributed by atoms with Crippen LogP contribution in [0.1, 0.15) is 59.1 Å². The zero-order valence-electron chi connectivity index (χ0n) is 27.9. The predicted octanol–water partition coefficient (Wildman–Crippen LogP) is 6.23. The first kappa shape index (κ1) is 36.9. The van der Waals surface area contributed by atoms with Gasteiger partial charge in [-0.15, -0.1) is 0 Å². The molecule has 0 saturated carbocycles. The van der Waals surface area contributed by atoms with Gasteiger partial charge in [0.15, 0.2) is 0 Å². The standard InChI is InChI=1S/C35H42N4O9/c1-34(2,3)47-32(43)37-28(21-29(40)45-22-24-13-9-7-10-14-24)30(41)38-39(33(44)48-35(4,5)6)27-19-17-26(18-20-27)36-31(42)46-23-25-15-11-8-12-16-25/h7-20,28H,21-23H2,1-6H3,(H,36,42)(H,37,43)(H,38,41)/t28-/m0/s1. The molecule has 0 radical (unpaired) electrons. The van der Waals surface area contributed by atoms with Gasteiger partial charge in [0.2, 0.25) is 0 Å². The summed E-state index contributed by atoms with van der Waals surface area (Å²) >= 11 is 0. The molecule has 13 nitrogen and oxygen atoms in total. The summed E-state index contributed by atoms with van der Waals surface area (Å²) in [5.74, 6) is -1.72. The van der Waals surface area contributed by atoms with Gasteiger partial charge >= 0.3 is 24.2 Å². The largest absolute Gasteiger partial charge is 0.461 e. The van der Waals surface area contributed by atoms with E-state index in [-0.39, 0.29) is 18.9 Å². The van der Waals surface area contributed by atoms with Gasteiger partial charge in [-0.3, -0.25) is 20.3 Å². The molecule has 256 valence electrons. The molecule has 0 spiro atoms. The molecule has 0 saturated heterocycles. The van der Waals surface area contributed by atoms with E-state index >= 15 is 0 Å². The second-order valence-electron chi connectivity index (χ2n) is 12.6. The average molecular weight is 663 g/mol. The number of ether oxygens (including phenoxy) is 4. The van der Waals surface area contributed by atoms with Crippen LogP contribution in [0.3, 0.4) is 0 Å². The van der Waals surface area contributed by atoms with Crippen LogP contribution < -0.4 is 21.1 Å². The first-order valence-corrected chi connectivity index (χ1v) is 15.2. The summed E-state index contributed by atoms with van der Waals surface area (Å²) in [6.45, 7) is 9.88. The van der Waals surface area contributed by atoms with Gasteiger partial charge in [0.05, 0.1) is 12.1 Å². The van der Waals surface area contributed by atoms with Crippen molar-refractivity contribution in [1.82, 2.24) is 10.7 Å². The SMILES string of the molecule is CC(C)(C)OC(=O)N[C@@H](CC(=O)OCc1ccccc1)C(=O)NN(C(=O)OC(C)(C)C)c1ccc(NC(=O)OCc2ccccc2)cc1. The number of hydrazine groups is 1. The molecule has 0 bridgehead atoms. The van der Waals surface area contributed by atoms with E-state index in [0.717, 1.165) is 16.1 Å². The van der Waals surface area contributed by atoms with Gasteiger partial charge in [0, 0.05) is 5.69 Å². The third kappa shape index (κ3) is 13.4. The van der Waals surface area contributed by atoms with E-state index in [9.17, 15) is 24.0 Å². The second kappa shape index (κ2) is 16.8. The van der Waals surface area contributed by atoms with Crippen molar-refractivity contribution in [1.29, 1.82) is 0 Å². The van der Waals surface area contributed by atoms with Crippen LogP contribution >= 0.6 is 0 Å².